The lowest BCUT2D eigenvalue weighted by Gasteiger charge is -2.24. The fourth-order valence-electron chi connectivity index (χ4n) is 2.96. The fourth-order valence-corrected chi connectivity index (χ4v) is 2.96. The van der Waals surface area contributed by atoms with Crippen molar-refractivity contribution in [3.8, 4) is 0 Å². The number of carboxylic acid groups (broad SMARTS) is 1. The highest BCUT2D eigenvalue weighted by Gasteiger charge is 2.38. The summed E-state index contributed by atoms with van der Waals surface area (Å²) in [6.45, 7) is 2.55. The van der Waals surface area contributed by atoms with Gasteiger partial charge >= 0.3 is 5.97 Å². The Morgan fingerprint density at radius 2 is 1.90 bits per heavy atom. The van der Waals surface area contributed by atoms with E-state index in [0.717, 1.165) is 17.5 Å². The summed E-state index contributed by atoms with van der Waals surface area (Å²) in [5.74, 6) is -1.76. The standard InChI is InChI=1S/C16H21NO3/c1-11-6-3-4-7-12(11)10-17(2)15(18)13-8-5-9-14(13)16(19)20/h3-4,6-7,13-14H,5,8-10H2,1-2H3,(H,19,20)/t13-,14+/m1/s1. The van der Waals surface area contributed by atoms with Crippen molar-refractivity contribution < 1.29 is 14.7 Å². The van der Waals surface area contributed by atoms with Gasteiger partial charge in [0, 0.05) is 13.6 Å². The zero-order chi connectivity index (χ0) is 14.7. The van der Waals surface area contributed by atoms with Crippen molar-refractivity contribution in [2.75, 3.05) is 7.05 Å². The fraction of sp³-hybridized carbons (Fsp3) is 0.500. The first kappa shape index (κ1) is 14.6. The number of benzene rings is 1. The van der Waals surface area contributed by atoms with Crippen LogP contribution in [-0.2, 0) is 16.1 Å². The highest BCUT2D eigenvalue weighted by molar-refractivity contribution is 5.85. The molecular weight excluding hydrogens is 254 g/mol. The first-order valence-corrected chi connectivity index (χ1v) is 7.03. The maximum Gasteiger partial charge on any atom is 0.307 e. The highest BCUT2D eigenvalue weighted by Crippen LogP contribution is 2.33. The molecule has 0 spiro atoms. The SMILES string of the molecule is Cc1ccccc1CN(C)C(=O)[C@@H]1CCC[C@@H]1C(=O)O. The van der Waals surface area contributed by atoms with Crippen LogP contribution in [0.2, 0.25) is 0 Å². The quantitative estimate of drug-likeness (QED) is 0.918. The van der Waals surface area contributed by atoms with E-state index in [9.17, 15) is 14.7 Å². The number of hydrogen-bond acceptors (Lipinski definition) is 2. The molecule has 108 valence electrons. The number of amides is 1. The highest BCUT2D eigenvalue weighted by atomic mass is 16.4. The molecule has 2 rings (SSSR count). The average Bonchev–Trinajstić information content (AvgIpc) is 2.89. The van der Waals surface area contributed by atoms with Crippen LogP contribution in [0.5, 0.6) is 0 Å². The van der Waals surface area contributed by atoms with Crippen LogP contribution in [0.1, 0.15) is 30.4 Å². The van der Waals surface area contributed by atoms with Crippen LogP contribution in [0, 0.1) is 18.8 Å². The molecule has 2 atom stereocenters. The van der Waals surface area contributed by atoms with Gasteiger partial charge in [0.1, 0.15) is 0 Å². The van der Waals surface area contributed by atoms with Gasteiger partial charge in [-0.05, 0) is 30.9 Å². The van der Waals surface area contributed by atoms with Crippen LogP contribution >= 0.6 is 0 Å². The predicted octanol–water partition coefficient (Wildman–Crippen LogP) is 2.45. The van der Waals surface area contributed by atoms with Crippen LogP contribution < -0.4 is 0 Å². The third-order valence-corrected chi connectivity index (χ3v) is 4.20. The molecule has 1 aliphatic rings. The minimum atomic E-state index is -0.842. The number of carbonyl (C=O) groups is 2. The van der Waals surface area contributed by atoms with Gasteiger partial charge in [-0.1, -0.05) is 30.7 Å². The zero-order valence-electron chi connectivity index (χ0n) is 12.0. The van der Waals surface area contributed by atoms with Gasteiger partial charge in [0.05, 0.1) is 11.8 Å². The Bertz CT molecular complexity index is 512. The molecule has 1 amide bonds. The number of aryl methyl sites for hydroxylation is 1. The molecule has 4 heteroatoms. The molecular formula is C16H21NO3. The van der Waals surface area contributed by atoms with Crippen molar-refractivity contribution in [2.45, 2.75) is 32.7 Å². The minimum Gasteiger partial charge on any atom is -0.481 e. The summed E-state index contributed by atoms with van der Waals surface area (Å²) in [5.41, 5.74) is 2.25. The molecule has 20 heavy (non-hydrogen) atoms. The number of rotatable bonds is 4. The van der Waals surface area contributed by atoms with Gasteiger partial charge in [-0.25, -0.2) is 0 Å². The molecule has 4 nitrogen and oxygen atoms in total. The number of hydrogen-bond donors (Lipinski definition) is 1. The van der Waals surface area contributed by atoms with Crippen molar-refractivity contribution in [1.29, 1.82) is 0 Å². The largest absolute Gasteiger partial charge is 0.481 e. The van der Waals surface area contributed by atoms with Gasteiger partial charge in [-0.3, -0.25) is 9.59 Å². The molecule has 0 aliphatic heterocycles. The van der Waals surface area contributed by atoms with Crippen LogP contribution in [0.15, 0.2) is 24.3 Å². The summed E-state index contributed by atoms with van der Waals surface area (Å²) in [7, 11) is 1.76. The first-order valence-electron chi connectivity index (χ1n) is 7.03. The Balaban J connectivity index is 2.05. The Kier molecular flexibility index (Phi) is 4.42. The van der Waals surface area contributed by atoms with Crippen molar-refractivity contribution >= 4 is 11.9 Å². The Labute approximate surface area is 119 Å². The lowest BCUT2D eigenvalue weighted by molar-refractivity contribution is -0.148. The molecule has 1 aromatic rings. The zero-order valence-corrected chi connectivity index (χ0v) is 12.0. The van der Waals surface area contributed by atoms with Crippen LogP contribution in [0.4, 0.5) is 0 Å². The van der Waals surface area contributed by atoms with Gasteiger partial charge in [-0.2, -0.15) is 0 Å². The number of aliphatic carboxylic acids is 1. The number of nitrogens with zero attached hydrogens (tertiary/aromatic N) is 1. The van der Waals surface area contributed by atoms with Crippen LogP contribution in [-0.4, -0.2) is 28.9 Å². The molecule has 1 aromatic carbocycles. The summed E-state index contributed by atoms with van der Waals surface area (Å²) in [6, 6.07) is 7.94. The topological polar surface area (TPSA) is 57.6 Å². The number of carboxylic acids is 1. The predicted molar refractivity (Wildman–Crippen MR) is 76.1 cm³/mol. The molecule has 1 aliphatic carbocycles. The Hall–Kier alpha value is -1.84. The van der Waals surface area contributed by atoms with E-state index in [4.69, 9.17) is 0 Å². The number of carbonyl (C=O) groups excluding carboxylic acids is 1. The summed E-state index contributed by atoms with van der Waals surface area (Å²) < 4.78 is 0. The molecule has 0 unspecified atom stereocenters. The second-order valence-corrected chi connectivity index (χ2v) is 5.60. The normalized spacial score (nSPS) is 21.7. The van der Waals surface area contributed by atoms with E-state index in [1.165, 1.54) is 0 Å². The molecule has 0 bridgehead atoms. The lowest BCUT2D eigenvalue weighted by atomic mass is 9.94. The first-order chi connectivity index (χ1) is 9.50. The van der Waals surface area contributed by atoms with Crippen LogP contribution in [0.3, 0.4) is 0 Å². The third-order valence-electron chi connectivity index (χ3n) is 4.20. The van der Waals surface area contributed by atoms with Crippen molar-refractivity contribution in [3.63, 3.8) is 0 Å². The van der Waals surface area contributed by atoms with E-state index in [2.05, 4.69) is 0 Å². The Morgan fingerprint density at radius 3 is 2.55 bits per heavy atom. The van der Waals surface area contributed by atoms with E-state index < -0.39 is 11.9 Å². The molecule has 0 radical (unpaired) electrons. The van der Waals surface area contributed by atoms with Gasteiger partial charge in [0.25, 0.3) is 0 Å². The van der Waals surface area contributed by atoms with E-state index >= 15 is 0 Å². The van der Waals surface area contributed by atoms with Crippen molar-refractivity contribution in [3.05, 3.63) is 35.4 Å². The summed E-state index contributed by atoms with van der Waals surface area (Å²) in [5, 5.41) is 9.18. The Morgan fingerprint density at radius 1 is 1.25 bits per heavy atom. The maximum atomic E-state index is 12.4. The maximum absolute atomic E-state index is 12.4. The van der Waals surface area contributed by atoms with Gasteiger partial charge < -0.3 is 10.0 Å². The molecule has 0 aromatic heterocycles. The van der Waals surface area contributed by atoms with Crippen LogP contribution in [0.25, 0.3) is 0 Å². The molecule has 1 saturated carbocycles. The molecule has 1 fully saturated rings. The average molecular weight is 275 g/mol. The van der Waals surface area contributed by atoms with E-state index in [-0.39, 0.29) is 11.8 Å². The van der Waals surface area contributed by atoms with E-state index in [1.807, 2.05) is 31.2 Å². The van der Waals surface area contributed by atoms with Crippen molar-refractivity contribution in [2.24, 2.45) is 11.8 Å². The second-order valence-electron chi connectivity index (χ2n) is 5.60. The molecule has 0 saturated heterocycles. The van der Waals surface area contributed by atoms with Gasteiger partial charge in [-0.15, -0.1) is 0 Å². The minimum absolute atomic E-state index is 0.0434. The third kappa shape index (κ3) is 3.00. The smallest absolute Gasteiger partial charge is 0.307 e. The summed E-state index contributed by atoms with van der Waals surface area (Å²) in [4.78, 5) is 25.3. The second kappa shape index (κ2) is 6.07. The van der Waals surface area contributed by atoms with Gasteiger partial charge in [0.2, 0.25) is 5.91 Å². The summed E-state index contributed by atoms with van der Waals surface area (Å²) in [6.07, 6.45) is 2.13. The van der Waals surface area contributed by atoms with E-state index in [1.54, 1.807) is 11.9 Å². The molecule has 0 heterocycles. The molecule has 1 N–H and O–H groups in total. The lowest BCUT2D eigenvalue weighted by Crippen LogP contribution is -2.36. The van der Waals surface area contributed by atoms with E-state index in [0.29, 0.717) is 19.4 Å². The summed E-state index contributed by atoms with van der Waals surface area (Å²) >= 11 is 0. The van der Waals surface area contributed by atoms with Gasteiger partial charge in [0.15, 0.2) is 0 Å². The van der Waals surface area contributed by atoms with Crippen molar-refractivity contribution in [1.82, 2.24) is 4.90 Å². The monoisotopic (exact) mass is 275 g/mol.